The molecule has 23 heavy (non-hydrogen) atoms. The first-order valence-corrected chi connectivity index (χ1v) is 6.57. The molecule has 2 N–H and O–H groups in total. The molecule has 0 bridgehead atoms. The van der Waals surface area contributed by atoms with Gasteiger partial charge in [-0.1, -0.05) is 6.07 Å². The van der Waals surface area contributed by atoms with E-state index in [4.69, 9.17) is 5.11 Å². The lowest BCUT2D eigenvalue weighted by atomic mass is 10.1. The molecule has 1 aromatic carbocycles. The Morgan fingerprint density at radius 3 is 2.48 bits per heavy atom. The minimum absolute atomic E-state index is 0.277. The summed E-state index contributed by atoms with van der Waals surface area (Å²) >= 11 is 0. The highest BCUT2D eigenvalue weighted by molar-refractivity contribution is 5.79. The molecule has 0 aliphatic rings. The molecule has 1 atom stereocenters. The molecule has 1 amide bonds. The number of hydrogen-bond acceptors (Lipinski definition) is 3. The molecular weight excluding hydrogens is 320 g/mol. The highest BCUT2D eigenvalue weighted by Crippen LogP contribution is 2.32. The van der Waals surface area contributed by atoms with Crippen molar-refractivity contribution in [1.29, 1.82) is 0 Å². The van der Waals surface area contributed by atoms with E-state index in [2.05, 4.69) is 5.32 Å². The molecule has 1 unspecified atom stereocenters. The van der Waals surface area contributed by atoms with Gasteiger partial charge in [-0.15, -0.1) is 0 Å². The number of hydrogen-bond donors (Lipinski definition) is 2. The molecule has 0 radical (unpaired) electrons. The Morgan fingerprint density at radius 2 is 1.96 bits per heavy atom. The Balaban J connectivity index is 2.72. The quantitative estimate of drug-likeness (QED) is 0.778. The molecule has 0 aliphatic carbocycles. The molecule has 0 saturated carbocycles. The third kappa shape index (κ3) is 5.51. The maximum Gasteiger partial charge on any atom is 0.416 e. The van der Waals surface area contributed by atoms with Crippen LogP contribution in [0.2, 0.25) is 0 Å². The molecule has 0 aliphatic heterocycles. The van der Waals surface area contributed by atoms with Crippen LogP contribution in [0.3, 0.4) is 0 Å². The van der Waals surface area contributed by atoms with E-state index in [1.807, 2.05) is 0 Å². The van der Waals surface area contributed by atoms with Gasteiger partial charge in [0.05, 0.1) is 12.1 Å². The number of carboxylic acid groups (broad SMARTS) is 1. The number of amides is 1. The first-order valence-electron chi connectivity index (χ1n) is 6.57. The third-order valence-electron chi connectivity index (χ3n) is 3.26. The monoisotopic (exact) mass is 336 g/mol. The fraction of sp³-hybridized carbons (Fsp3) is 0.429. The fourth-order valence-corrected chi connectivity index (χ4v) is 1.77. The lowest BCUT2D eigenvalue weighted by molar-refractivity contribution is -0.143. The van der Waals surface area contributed by atoms with Gasteiger partial charge in [0.25, 0.3) is 0 Å². The molecule has 1 rings (SSSR count). The predicted molar refractivity (Wildman–Crippen MR) is 73.0 cm³/mol. The zero-order valence-corrected chi connectivity index (χ0v) is 12.4. The number of nitrogens with zero attached hydrogens (tertiary/aromatic N) is 1. The van der Waals surface area contributed by atoms with E-state index in [0.29, 0.717) is 6.07 Å². The van der Waals surface area contributed by atoms with Crippen LogP contribution >= 0.6 is 0 Å². The van der Waals surface area contributed by atoms with Crippen molar-refractivity contribution in [2.24, 2.45) is 0 Å². The van der Waals surface area contributed by atoms with Crippen LogP contribution in [0.1, 0.15) is 18.1 Å². The average Bonchev–Trinajstić information content (AvgIpc) is 2.43. The van der Waals surface area contributed by atoms with Gasteiger partial charge in [-0.25, -0.2) is 4.39 Å². The zero-order valence-electron chi connectivity index (χ0n) is 12.4. The van der Waals surface area contributed by atoms with Gasteiger partial charge in [0.2, 0.25) is 5.91 Å². The van der Waals surface area contributed by atoms with Crippen LogP contribution in [-0.4, -0.2) is 41.5 Å². The standard InChI is InChI=1S/C14H16F4N2O3/c1-8(13(22)23)20(2)7-12(21)19-6-9-3-4-10(15)5-11(9)14(16,17)18/h3-5,8H,6-7H2,1-2H3,(H,19,21)(H,22,23). The molecular formula is C14H16F4N2O3. The Bertz CT molecular complexity index is 590. The van der Waals surface area contributed by atoms with E-state index in [9.17, 15) is 27.2 Å². The first-order chi connectivity index (χ1) is 10.5. The Kier molecular flexibility index (Phi) is 6.08. The summed E-state index contributed by atoms with van der Waals surface area (Å²) in [5.74, 6) is -2.79. The normalized spacial score (nSPS) is 13.0. The summed E-state index contributed by atoms with van der Waals surface area (Å²) < 4.78 is 51.4. The summed E-state index contributed by atoms with van der Waals surface area (Å²) in [7, 11) is 1.40. The van der Waals surface area contributed by atoms with E-state index in [1.54, 1.807) is 0 Å². The second-order valence-corrected chi connectivity index (χ2v) is 5.01. The first kappa shape index (κ1) is 18.9. The number of carboxylic acids is 1. The van der Waals surface area contributed by atoms with Crippen molar-refractivity contribution in [2.45, 2.75) is 25.7 Å². The number of rotatable bonds is 6. The van der Waals surface area contributed by atoms with E-state index in [1.165, 1.54) is 18.9 Å². The maximum absolute atomic E-state index is 13.0. The summed E-state index contributed by atoms with van der Waals surface area (Å²) in [4.78, 5) is 23.7. The van der Waals surface area contributed by atoms with Crippen LogP contribution in [0.25, 0.3) is 0 Å². The third-order valence-corrected chi connectivity index (χ3v) is 3.26. The van der Waals surface area contributed by atoms with E-state index in [-0.39, 0.29) is 12.1 Å². The van der Waals surface area contributed by atoms with Crippen molar-refractivity contribution in [3.05, 3.63) is 35.1 Å². The summed E-state index contributed by atoms with van der Waals surface area (Å²) in [5.41, 5.74) is -1.44. The number of benzene rings is 1. The second-order valence-electron chi connectivity index (χ2n) is 5.01. The van der Waals surface area contributed by atoms with Gasteiger partial charge < -0.3 is 10.4 Å². The van der Waals surface area contributed by atoms with Gasteiger partial charge in [-0.3, -0.25) is 14.5 Å². The van der Waals surface area contributed by atoms with Gasteiger partial charge in [0.15, 0.2) is 0 Å². The number of nitrogens with one attached hydrogen (secondary N) is 1. The van der Waals surface area contributed by atoms with Crippen LogP contribution in [0.5, 0.6) is 0 Å². The SMILES string of the molecule is CC(C(=O)O)N(C)CC(=O)NCc1ccc(F)cc1C(F)(F)F. The lowest BCUT2D eigenvalue weighted by Crippen LogP contribution is -2.42. The van der Waals surface area contributed by atoms with E-state index < -0.39 is 42.0 Å². The summed E-state index contributed by atoms with van der Waals surface area (Å²) in [6.07, 6.45) is -4.74. The number of carbonyl (C=O) groups is 2. The zero-order chi connectivity index (χ0) is 17.8. The molecule has 0 spiro atoms. The molecule has 128 valence electrons. The number of likely N-dealkylation sites (N-methyl/N-ethyl adjacent to an activating group) is 1. The minimum atomic E-state index is -4.74. The van der Waals surface area contributed by atoms with Crippen molar-refractivity contribution in [3.63, 3.8) is 0 Å². The molecule has 9 heteroatoms. The lowest BCUT2D eigenvalue weighted by Gasteiger charge is -2.20. The van der Waals surface area contributed by atoms with Crippen molar-refractivity contribution in [2.75, 3.05) is 13.6 Å². The molecule has 0 saturated heterocycles. The maximum atomic E-state index is 13.0. The van der Waals surface area contributed by atoms with Crippen molar-refractivity contribution < 1.29 is 32.3 Å². The Hall–Kier alpha value is -2.16. The molecule has 0 aromatic heterocycles. The predicted octanol–water partition coefficient (Wildman–Crippen LogP) is 1.87. The van der Waals surface area contributed by atoms with Crippen molar-refractivity contribution in [3.8, 4) is 0 Å². The van der Waals surface area contributed by atoms with E-state index >= 15 is 0 Å². The Labute approximate surface area is 129 Å². The highest BCUT2D eigenvalue weighted by Gasteiger charge is 2.33. The fourth-order valence-electron chi connectivity index (χ4n) is 1.77. The minimum Gasteiger partial charge on any atom is -0.480 e. The van der Waals surface area contributed by atoms with Gasteiger partial charge in [0.1, 0.15) is 11.9 Å². The smallest absolute Gasteiger partial charge is 0.416 e. The van der Waals surface area contributed by atoms with Gasteiger partial charge >= 0.3 is 12.1 Å². The number of halogens is 4. The summed E-state index contributed by atoms with van der Waals surface area (Å²) in [6, 6.07) is 1.26. The van der Waals surface area contributed by atoms with Crippen LogP contribution in [0.15, 0.2) is 18.2 Å². The van der Waals surface area contributed by atoms with Gasteiger partial charge in [0, 0.05) is 6.54 Å². The molecule has 5 nitrogen and oxygen atoms in total. The van der Waals surface area contributed by atoms with Crippen molar-refractivity contribution in [1.82, 2.24) is 10.2 Å². The van der Waals surface area contributed by atoms with Crippen LogP contribution in [0, 0.1) is 5.82 Å². The van der Waals surface area contributed by atoms with Crippen LogP contribution in [-0.2, 0) is 22.3 Å². The second kappa shape index (κ2) is 7.40. The summed E-state index contributed by atoms with van der Waals surface area (Å²) in [6.45, 7) is 0.636. The molecule has 0 fully saturated rings. The number of alkyl halides is 3. The van der Waals surface area contributed by atoms with Crippen LogP contribution < -0.4 is 5.32 Å². The van der Waals surface area contributed by atoms with Crippen molar-refractivity contribution >= 4 is 11.9 Å². The molecule has 0 heterocycles. The van der Waals surface area contributed by atoms with Gasteiger partial charge in [-0.05, 0) is 31.7 Å². The molecule has 1 aromatic rings. The highest BCUT2D eigenvalue weighted by atomic mass is 19.4. The average molecular weight is 336 g/mol. The topological polar surface area (TPSA) is 69.6 Å². The number of carbonyl (C=O) groups excluding carboxylic acids is 1. The number of aliphatic carboxylic acids is 1. The van der Waals surface area contributed by atoms with Crippen LogP contribution in [0.4, 0.5) is 17.6 Å². The largest absolute Gasteiger partial charge is 0.480 e. The van der Waals surface area contributed by atoms with Gasteiger partial charge in [-0.2, -0.15) is 13.2 Å². The summed E-state index contributed by atoms with van der Waals surface area (Å²) in [5, 5.41) is 11.1. The Morgan fingerprint density at radius 1 is 1.35 bits per heavy atom. The van der Waals surface area contributed by atoms with E-state index in [0.717, 1.165) is 12.1 Å².